The zero-order chi connectivity index (χ0) is 23.7. The molecule has 8 atom stereocenters. The second-order valence-corrected chi connectivity index (χ2v) is 11.7. The minimum absolute atomic E-state index is 0.00758. The van der Waals surface area contributed by atoms with E-state index in [1.54, 1.807) is 19.1 Å². The summed E-state index contributed by atoms with van der Waals surface area (Å²) < 4.78 is 5.23. The number of aliphatic hydroxyl groups is 1. The number of rotatable bonds is 4. The fourth-order valence-corrected chi connectivity index (χ4v) is 8.29. The Bertz CT molecular complexity index is 923. The first-order valence-corrected chi connectivity index (χ1v) is 12.2. The van der Waals surface area contributed by atoms with E-state index in [0.29, 0.717) is 6.42 Å². The van der Waals surface area contributed by atoms with Gasteiger partial charge in [0.15, 0.2) is 18.2 Å². The van der Waals surface area contributed by atoms with Crippen LogP contribution in [-0.4, -0.2) is 40.2 Å². The third kappa shape index (κ3) is 2.82. The van der Waals surface area contributed by atoms with Crippen molar-refractivity contribution in [2.75, 3.05) is 6.61 Å². The summed E-state index contributed by atoms with van der Waals surface area (Å²) in [6, 6.07) is 0. The number of esters is 1. The quantitative estimate of drug-likeness (QED) is 0.494. The number of fused-ring (bicyclic) bond motifs is 5. The van der Waals surface area contributed by atoms with Crippen LogP contribution in [-0.2, 0) is 19.1 Å². The van der Waals surface area contributed by atoms with Crippen LogP contribution in [0.3, 0.4) is 0 Å². The van der Waals surface area contributed by atoms with Gasteiger partial charge in [-0.2, -0.15) is 0 Å². The standard InChI is InChI=1S/C26H35ClO5/c1-6-22(31)32-14-21(30)25(5)15(2)11-19-18-8-7-16-12-17(28)9-10-23(16,3)26(18,27)20(29)13-24(19,25)4/h9-10,12,15,18-20,29H,6-8,11,13-14H2,1-5H3/t15-,18?,19-,20-,23?,24?,25+,26-/m0/s1. The molecular weight excluding hydrogens is 428 g/mol. The second kappa shape index (κ2) is 7.53. The number of allylic oxidation sites excluding steroid dienone is 4. The summed E-state index contributed by atoms with van der Waals surface area (Å²) in [5.74, 6) is -0.245. The van der Waals surface area contributed by atoms with Gasteiger partial charge in [-0.1, -0.05) is 46.3 Å². The fourth-order valence-electron chi connectivity index (χ4n) is 7.76. The van der Waals surface area contributed by atoms with Crippen LogP contribution >= 0.6 is 11.6 Å². The molecule has 5 nitrogen and oxygen atoms in total. The molecule has 32 heavy (non-hydrogen) atoms. The molecule has 0 aliphatic heterocycles. The van der Waals surface area contributed by atoms with Crippen LogP contribution in [0.25, 0.3) is 0 Å². The summed E-state index contributed by atoms with van der Waals surface area (Å²) in [6.07, 6.45) is 7.33. The van der Waals surface area contributed by atoms with Crippen molar-refractivity contribution in [1.82, 2.24) is 0 Å². The van der Waals surface area contributed by atoms with Crippen molar-refractivity contribution >= 4 is 29.1 Å². The molecule has 4 aliphatic rings. The molecule has 3 unspecified atom stereocenters. The largest absolute Gasteiger partial charge is 0.458 e. The highest BCUT2D eigenvalue weighted by molar-refractivity contribution is 6.26. The minimum atomic E-state index is -0.929. The van der Waals surface area contributed by atoms with Crippen LogP contribution in [0, 0.1) is 34.0 Å². The molecule has 0 heterocycles. The van der Waals surface area contributed by atoms with Gasteiger partial charge in [0.05, 0.1) is 11.0 Å². The highest BCUT2D eigenvalue weighted by Crippen LogP contribution is 2.73. The van der Waals surface area contributed by atoms with Crippen LogP contribution in [0.4, 0.5) is 0 Å². The van der Waals surface area contributed by atoms with E-state index in [1.807, 2.05) is 19.9 Å². The predicted molar refractivity (Wildman–Crippen MR) is 122 cm³/mol. The zero-order valence-electron chi connectivity index (χ0n) is 19.7. The lowest BCUT2D eigenvalue weighted by molar-refractivity contribution is -0.161. The SMILES string of the molecule is CCC(=O)OCC(=O)[C@@]1(C)[C@@H](C)C[C@H]2C3CCC4=CC(=O)C=CC4(C)[C@@]3(Cl)[C@@H](O)CC21C. The number of hydrogen-bond donors (Lipinski definition) is 1. The topological polar surface area (TPSA) is 80.7 Å². The summed E-state index contributed by atoms with van der Waals surface area (Å²) >= 11 is 7.45. The molecule has 0 aromatic rings. The average Bonchev–Trinajstić information content (AvgIpc) is 2.94. The van der Waals surface area contributed by atoms with Gasteiger partial charge in [-0.25, -0.2) is 0 Å². The lowest BCUT2D eigenvalue weighted by Gasteiger charge is -2.64. The molecule has 0 radical (unpaired) electrons. The van der Waals surface area contributed by atoms with Crippen LogP contribution in [0.15, 0.2) is 23.8 Å². The Hall–Kier alpha value is -1.46. The molecule has 4 aliphatic carbocycles. The van der Waals surface area contributed by atoms with Gasteiger partial charge in [0.1, 0.15) is 0 Å². The summed E-state index contributed by atoms with van der Waals surface area (Å²) in [5.41, 5.74) is -0.790. The van der Waals surface area contributed by atoms with E-state index in [2.05, 4.69) is 13.8 Å². The molecule has 0 saturated heterocycles. The number of halogens is 1. The van der Waals surface area contributed by atoms with Gasteiger partial charge in [0.25, 0.3) is 0 Å². The van der Waals surface area contributed by atoms with Crippen molar-refractivity contribution in [2.24, 2.45) is 34.0 Å². The number of ether oxygens (including phenoxy) is 1. The molecule has 4 rings (SSSR count). The maximum atomic E-state index is 13.5. The van der Waals surface area contributed by atoms with Gasteiger partial charge in [0.2, 0.25) is 0 Å². The highest BCUT2D eigenvalue weighted by atomic mass is 35.5. The summed E-state index contributed by atoms with van der Waals surface area (Å²) in [7, 11) is 0. The summed E-state index contributed by atoms with van der Waals surface area (Å²) in [6.45, 7) is 9.73. The first kappa shape index (κ1) is 23.7. The monoisotopic (exact) mass is 462 g/mol. The van der Waals surface area contributed by atoms with Crippen molar-refractivity contribution in [3.05, 3.63) is 23.8 Å². The van der Waals surface area contributed by atoms with Gasteiger partial charge < -0.3 is 9.84 Å². The molecule has 176 valence electrons. The smallest absolute Gasteiger partial charge is 0.305 e. The van der Waals surface area contributed by atoms with Gasteiger partial charge in [-0.15, -0.1) is 11.6 Å². The number of carbonyl (C=O) groups is 3. The number of aliphatic hydroxyl groups excluding tert-OH is 1. The first-order chi connectivity index (χ1) is 14.9. The first-order valence-electron chi connectivity index (χ1n) is 11.9. The number of ketones is 2. The molecule has 0 spiro atoms. The van der Waals surface area contributed by atoms with Crippen molar-refractivity contribution < 1.29 is 24.2 Å². The van der Waals surface area contributed by atoms with Crippen LogP contribution in [0.2, 0.25) is 0 Å². The van der Waals surface area contributed by atoms with E-state index >= 15 is 0 Å². The molecule has 0 aromatic heterocycles. The average molecular weight is 463 g/mol. The van der Waals surface area contributed by atoms with E-state index in [4.69, 9.17) is 16.3 Å². The summed E-state index contributed by atoms with van der Waals surface area (Å²) in [4.78, 5) is 36.3. The maximum Gasteiger partial charge on any atom is 0.305 e. The number of carbonyl (C=O) groups excluding carboxylic acids is 3. The van der Waals surface area contributed by atoms with Gasteiger partial charge in [-0.05, 0) is 61.0 Å². The lowest BCUT2D eigenvalue weighted by atomic mass is 9.44. The zero-order valence-corrected chi connectivity index (χ0v) is 20.5. The molecule has 0 amide bonds. The van der Waals surface area contributed by atoms with Gasteiger partial charge in [0, 0.05) is 17.3 Å². The highest BCUT2D eigenvalue weighted by Gasteiger charge is 2.73. The Balaban J connectivity index is 1.73. The number of alkyl halides is 1. The summed E-state index contributed by atoms with van der Waals surface area (Å²) in [5, 5.41) is 11.6. The molecular formula is C26H35ClO5. The van der Waals surface area contributed by atoms with Crippen molar-refractivity contribution in [3.8, 4) is 0 Å². The van der Waals surface area contributed by atoms with Crippen molar-refractivity contribution in [2.45, 2.75) is 77.7 Å². The van der Waals surface area contributed by atoms with Gasteiger partial charge in [-0.3, -0.25) is 14.4 Å². The Kier molecular flexibility index (Phi) is 5.57. The molecule has 3 saturated carbocycles. The second-order valence-electron chi connectivity index (χ2n) is 11.0. The number of hydrogen-bond acceptors (Lipinski definition) is 5. The van der Waals surface area contributed by atoms with E-state index < -0.39 is 27.2 Å². The van der Waals surface area contributed by atoms with E-state index in [0.717, 1.165) is 24.8 Å². The molecule has 0 bridgehead atoms. The molecule has 0 aromatic carbocycles. The minimum Gasteiger partial charge on any atom is -0.458 e. The van der Waals surface area contributed by atoms with Crippen molar-refractivity contribution in [3.63, 3.8) is 0 Å². The lowest BCUT2D eigenvalue weighted by Crippen LogP contribution is -2.67. The Morgan fingerprint density at radius 3 is 2.59 bits per heavy atom. The maximum absolute atomic E-state index is 13.5. The number of Topliss-reactive ketones (excluding diaryl/α,β-unsaturated/α-hetero) is 1. The molecule has 1 N–H and O–H groups in total. The molecule has 3 fully saturated rings. The third-order valence-electron chi connectivity index (χ3n) is 10.0. The Labute approximate surface area is 195 Å². The van der Waals surface area contributed by atoms with E-state index in [-0.39, 0.29) is 48.3 Å². The Morgan fingerprint density at radius 1 is 1.25 bits per heavy atom. The fraction of sp³-hybridized carbons (Fsp3) is 0.731. The van der Waals surface area contributed by atoms with Crippen LogP contribution in [0.1, 0.15) is 66.7 Å². The van der Waals surface area contributed by atoms with Crippen LogP contribution in [0.5, 0.6) is 0 Å². The van der Waals surface area contributed by atoms with Gasteiger partial charge >= 0.3 is 5.97 Å². The van der Waals surface area contributed by atoms with E-state index in [9.17, 15) is 19.5 Å². The predicted octanol–water partition coefficient (Wildman–Crippen LogP) is 4.40. The third-order valence-corrected chi connectivity index (χ3v) is 11.0. The van der Waals surface area contributed by atoms with E-state index in [1.165, 1.54) is 0 Å². The van der Waals surface area contributed by atoms with Crippen LogP contribution < -0.4 is 0 Å². The molecule has 6 heteroatoms. The van der Waals surface area contributed by atoms with Crippen molar-refractivity contribution in [1.29, 1.82) is 0 Å². The Morgan fingerprint density at radius 2 is 1.94 bits per heavy atom. The normalized spacial score (nSPS) is 47.2.